The molecule has 0 radical (unpaired) electrons. The number of carbonyl (C=O) groups is 1. The predicted molar refractivity (Wildman–Crippen MR) is 137 cm³/mol. The normalized spacial score (nSPS) is 15.9. The third-order valence-corrected chi connectivity index (χ3v) is 6.88. The minimum atomic E-state index is -0.640. The lowest BCUT2D eigenvalue weighted by Crippen LogP contribution is -2.39. The van der Waals surface area contributed by atoms with E-state index in [0.29, 0.717) is 26.4 Å². The molecule has 0 saturated heterocycles. The Balaban J connectivity index is 1.83. The predicted octanol–water partition coefficient (Wildman–Crippen LogP) is 4.23. The van der Waals surface area contributed by atoms with E-state index in [9.17, 15) is 9.59 Å². The zero-order chi connectivity index (χ0) is 24.2. The second-order valence-electron chi connectivity index (χ2n) is 7.51. The number of esters is 1. The van der Waals surface area contributed by atoms with Gasteiger partial charge in [0, 0.05) is 4.47 Å². The number of aromatic nitrogens is 1. The summed E-state index contributed by atoms with van der Waals surface area (Å²) < 4.78 is 13.7. The van der Waals surface area contributed by atoms with E-state index in [-0.39, 0.29) is 12.2 Å². The van der Waals surface area contributed by atoms with Crippen LogP contribution in [0.25, 0.3) is 12.2 Å². The molecular formula is C26H23BrN2O4S. The van der Waals surface area contributed by atoms with Gasteiger partial charge in [0.2, 0.25) is 0 Å². The Morgan fingerprint density at radius 1 is 1.18 bits per heavy atom. The fraction of sp³-hybridized carbons (Fsp3) is 0.192. The first-order valence-electron chi connectivity index (χ1n) is 10.7. The Morgan fingerprint density at radius 2 is 1.88 bits per heavy atom. The number of allylic oxidation sites excluding steroid dienone is 2. The minimum Gasteiger partial charge on any atom is -0.497 e. The minimum absolute atomic E-state index is 0.209. The van der Waals surface area contributed by atoms with Gasteiger partial charge in [-0.25, -0.2) is 9.79 Å². The van der Waals surface area contributed by atoms with E-state index in [1.54, 1.807) is 31.6 Å². The summed E-state index contributed by atoms with van der Waals surface area (Å²) >= 11 is 4.72. The number of methoxy groups -OCH3 is 1. The number of thiazole rings is 1. The smallest absolute Gasteiger partial charge is 0.338 e. The van der Waals surface area contributed by atoms with Gasteiger partial charge in [-0.05, 0) is 55.3 Å². The van der Waals surface area contributed by atoms with Crippen molar-refractivity contribution in [2.45, 2.75) is 19.9 Å². The maximum absolute atomic E-state index is 13.5. The van der Waals surface area contributed by atoms with Crippen LogP contribution in [0, 0.1) is 0 Å². The highest BCUT2D eigenvalue weighted by atomic mass is 79.9. The number of rotatable bonds is 6. The summed E-state index contributed by atoms with van der Waals surface area (Å²) in [5.41, 5.74) is 2.48. The van der Waals surface area contributed by atoms with Crippen LogP contribution in [-0.2, 0) is 9.53 Å². The highest BCUT2D eigenvalue weighted by molar-refractivity contribution is 9.10. The lowest BCUT2D eigenvalue weighted by molar-refractivity contribution is -0.139. The number of fused-ring (bicyclic) bond motifs is 1. The van der Waals surface area contributed by atoms with Crippen molar-refractivity contribution in [1.29, 1.82) is 0 Å². The molecule has 0 aliphatic carbocycles. The largest absolute Gasteiger partial charge is 0.497 e. The summed E-state index contributed by atoms with van der Waals surface area (Å²) in [4.78, 5) is 31.5. The number of hydrogen-bond donors (Lipinski definition) is 0. The Hall–Kier alpha value is -3.23. The number of hydrogen-bond acceptors (Lipinski definition) is 6. The molecule has 1 aromatic heterocycles. The quantitative estimate of drug-likeness (QED) is 0.440. The molecule has 0 N–H and O–H groups in total. The molecular weight excluding hydrogens is 516 g/mol. The second kappa shape index (κ2) is 10.4. The molecule has 2 aromatic carbocycles. The van der Waals surface area contributed by atoms with E-state index in [1.165, 1.54) is 11.3 Å². The van der Waals surface area contributed by atoms with Crippen LogP contribution < -0.4 is 19.6 Å². The van der Waals surface area contributed by atoms with Crippen molar-refractivity contribution in [3.05, 3.63) is 101 Å². The molecule has 8 heteroatoms. The van der Waals surface area contributed by atoms with E-state index in [4.69, 9.17) is 9.47 Å². The first-order valence-corrected chi connectivity index (χ1v) is 12.3. The van der Waals surface area contributed by atoms with Crippen LogP contribution in [0.15, 0.2) is 80.1 Å². The number of ether oxygens (including phenoxy) is 2. The topological polar surface area (TPSA) is 69.9 Å². The van der Waals surface area contributed by atoms with Crippen molar-refractivity contribution in [3.8, 4) is 5.75 Å². The van der Waals surface area contributed by atoms with Gasteiger partial charge in [0.15, 0.2) is 4.80 Å². The van der Waals surface area contributed by atoms with Crippen LogP contribution in [0.4, 0.5) is 0 Å². The van der Waals surface area contributed by atoms with Crippen molar-refractivity contribution in [1.82, 2.24) is 4.57 Å². The summed E-state index contributed by atoms with van der Waals surface area (Å²) in [7, 11) is 1.59. The molecule has 0 amide bonds. The van der Waals surface area contributed by atoms with E-state index in [2.05, 4.69) is 20.9 Å². The summed E-state index contributed by atoms with van der Waals surface area (Å²) in [5.74, 6) is 0.210. The molecule has 1 atom stereocenters. The molecule has 0 unspecified atom stereocenters. The van der Waals surface area contributed by atoms with Crippen molar-refractivity contribution in [2.24, 2.45) is 4.99 Å². The van der Waals surface area contributed by atoms with Crippen LogP contribution in [0.5, 0.6) is 5.75 Å². The Labute approximate surface area is 209 Å². The average Bonchev–Trinajstić information content (AvgIpc) is 3.14. The van der Waals surface area contributed by atoms with Crippen LogP contribution in [0.2, 0.25) is 0 Å². The molecule has 3 aromatic rings. The molecule has 4 rings (SSSR count). The first kappa shape index (κ1) is 23.9. The molecule has 2 heterocycles. The van der Waals surface area contributed by atoms with E-state index in [0.717, 1.165) is 15.6 Å². The number of nitrogens with zero attached hydrogens (tertiary/aromatic N) is 2. The van der Waals surface area contributed by atoms with Gasteiger partial charge in [-0.2, -0.15) is 0 Å². The maximum atomic E-state index is 13.5. The molecule has 34 heavy (non-hydrogen) atoms. The van der Waals surface area contributed by atoms with Crippen molar-refractivity contribution in [2.75, 3.05) is 13.7 Å². The number of halogens is 1. The Morgan fingerprint density at radius 3 is 2.53 bits per heavy atom. The summed E-state index contributed by atoms with van der Waals surface area (Å²) in [5, 5.41) is 0. The molecule has 0 spiro atoms. The van der Waals surface area contributed by atoms with Crippen molar-refractivity contribution in [3.63, 3.8) is 0 Å². The van der Waals surface area contributed by atoms with Gasteiger partial charge in [-0.15, -0.1) is 0 Å². The van der Waals surface area contributed by atoms with Crippen molar-refractivity contribution >= 4 is 45.4 Å². The molecule has 0 bridgehead atoms. The van der Waals surface area contributed by atoms with Gasteiger partial charge in [0.1, 0.15) is 5.75 Å². The summed E-state index contributed by atoms with van der Waals surface area (Å²) in [6, 6.07) is 14.6. The zero-order valence-corrected chi connectivity index (χ0v) is 21.4. The number of carbonyl (C=O) groups excluding carboxylic acids is 1. The van der Waals surface area contributed by atoms with Gasteiger partial charge in [-0.3, -0.25) is 9.36 Å². The van der Waals surface area contributed by atoms with Gasteiger partial charge in [-0.1, -0.05) is 63.7 Å². The van der Waals surface area contributed by atoms with E-state index < -0.39 is 12.0 Å². The third kappa shape index (κ3) is 4.83. The lowest BCUT2D eigenvalue weighted by Gasteiger charge is -2.24. The van der Waals surface area contributed by atoms with Gasteiger partial charge < -0.3 is 9.47 Å². The fourth-order valence-corrected chi connectivity index (χ4v) is 4.99. The van der Waals surface area contributed by atoms with Crippen LogP contribution in [-0.4, -0.2) is 24.3 Å². The van der Waals surface area contributed by atoms with Crippen LogP contribution in [0.1, 0.15) is 31.0 Å². The van der Waals surface area contributed by atoms with E-state index in [1.807, 2.05) is 60.7 Å². The molecule has 1 aliphatic heterocycles. The monoisotopic (exact) mass is 538 g/mol. The molecule has 0 saturated carbocycles. The second-order valence-corrected chi connectivity index (χ2v) is 9.43. The Kier molecular flexibility index (Phi) is 7.29. The summed E-state index contributed by atoms with van der Waals surface area (Å²) in [6.45, 7) is 3.76. The molecule has 174 valence electrons. The first-order chi connectivity index (χ1) is 16.4. The lowest BCUT2D eigenvalue weighted by atomic mass is 9.96. The van der Waals surface area contributed by atoms with Crippen LogP contribution >= 0.6 is 27.3 Å². The summed E-state index contributed by atoms with van der Waals surface area (Å²) in [6.07, 6.45) is 5.55. The number of benzene rings is 2. The zero-order valence-electron chi connectivity index (χ0n) is 18.9. The van der Waals surface area contributed by atoms with Gasteiger partial charge >= 0.3 is 5.97 Å². The standard InChI is InChI=1S/C26H23BrN2O4S/c1-4-33-25(31)22-16(2)28-26-29(23(22)18-10-14-20(32-3)15-11-18)24(30)21(34-26)7-5-6-17-8-12-19(27)13-9-17/h5-15,23H,4H2,1-3H3/b6-5+,21-7?/t23-/m0/s1. The third-order valence-electron chi connectivity index (χ3n) is 5.35. The van der Waals surface area contributed by atoms with E-state index >= 15 is 0 Å². The molecule has 6 nitrogen and oxygen atoms in total. The molecule has 1 aliphatic rings. The average molecular weight is 539 g/mol. The maximum Gasteiger partial charge on any atom is 0.338 e. The molecule has 0 fully saturated rings. The highest BCUT2D eigenvalue weighted by Gasteiger charge is 2.33. The fourth-order valence-electron chi connectivity index (χ4n) is 3.73. The SMILES string of the molecule is CCOC(=O)C1=C(C)N=c2sc(=C/C=C/c3ccc(Br)cc3)c(=O)n2[C@H]1c1ccc(OC)cc1. The van der Waals surface area contributed by atoms with Crippen molar-refractivity contribution < 1.29 is 14.3 Å². The Bertz CT molecular complexity index is 1450. The van der Waals surface area contributed by atoms with Gasteiger partial charge in [0.05, 0.1) is 35.6 Å². The van der Waals surface area contributed by atoms with Crippen LogP contribution in [0.3, 0.4) is 0 Å². The highest BCUT2D eigenvalue weighted by Crippen LogP contribution is 2.31. The van der Waals surface area contributed by atoms with Gasteiger partial charge in [0.25, 0.3) is 5.56 Å².